The molecule has 1 aromatic rings. The molecule has 2 fully saturated rings. The van der Waals surface area contributed by atoms with Crippen LogP contribution < -0.4 is 5.32 Å². The summed E-state index contributed by atoms with van der Waals surface area (Å²) in [5, 5.41) is 5.67. The smallest absolute Gasteiger partial charge is 0.0472 e. The molecule has 4 heteroatoms. The Morgan fingerprint density at radius 3 is 2.72 bits per heavy atom. The van der Waals surface area contributed by atoms with Crippen LogP contribution in [0.2, 0.25) is 0 Å². The van der Waals surface area contributed by atoms with Gasteiger partial charge in [-0.25, -0.2) is 0 Å². The average molecular weight is 266 g/mol. The van der Waals surface area contributed by atoms with Crippen LogP contribution in [0.5, 0.6) is 0 Å². The fourth-order valence-electron chi connectivity index (χ4n) is 3.16. The van der Waals surface area contributed by atoms with Crippen molar-refractivity contribution in [1.82, 2.24) is 10.2 Å². The lowest BCUT2D eigenvalue weighted by atomic mass is 9.89. The van der Waals surface area contributed by atoms with Crippen LogP contribution in [0.4, 0.5) is 0 Å². The predicted molar refractivity (Wildman–Crippen MR) is 75.0 cm³/mol. The van der Waals surface area contributed by atoms with E-state index in [0.29, 0.717) is 6.04 Å². The van der Waals surface area contributed by atoms with Crippen molar-refractivity contribution < 1.29 is 4.74 Å². The van der Waals surface area contributed by atoms with Crippen molar-refractivity contribution >= 4 is 11.3 Å². The second kappa shape index (κ2) is 6.15. The first-order valence-electron chi connectivity index (χ1n) is 7.01. The van der Waals surface area contributed by atoms with Gasteiger partial charge < -0.3 is 10.1 Å². The van der Waals surface area contributed by atoms with E-state index in [0.717, 1.165) is 32.2 Å². The number of thiophene rings is 1. The molecule has 0 unspecified atom stereocenters. The Kier molecular flexibility index (Phi) is 4.31. The number of piperazine rings is 1. The Morgan fingerprint density at radius 2 is 2.06 bits per heavy atom. The summed E-state index contributed by atoms with van der Waals surface area (Å²) in [7, 11) is 0. The Balaban J connectivity index is 1.78. The highest BCUT2D eigenvalue weighted by atomic mass is 32.1. The van der Waals surface area contributed by atoms with Crippen molar-refractivity contribution in [3.63, 3.8) is 0 Å². The number of hydrogen-bond acceptors (Lipinski definition) is 4. The molecule has 1 aromatic heterocycles. The number of nitrogens with zero attached hydrogens (tertiary/aromatic N) is 1. The molecule has 2 aliphatic heterocycles. The van der Waals surface area contributed by atoms with Crippen LogP contribution in [0.25, 0.3) is 0 Å². The summed E-state index contributed by atoms with van der Waals surface area (Å²) in [6.45, 7) is 6.51. The minimum absolute atomic E-state index is 0.621. The lowest BCUT2D eigenvalue weighted by molar-refractivity contribution is 0.0223. The van der Waals surface area contributed by atoms with E-state index < -0.39 is 0 Å². The van der Waals surface area contributed by atoms with Crippen LogP contribution in [0, 0.1) is 5.92 Å². The van der Waals surface area contributed by atoms with Gasteiger partial charge in [0.2, 0.25) is 0 Å². The molecule has 0 spiro atoms. The van der Waals surface area contributed by atoms with Crippen molar-refractivity contribution in [3.05, 3.63) is 22.4 Å². The molecule has 100 valence electrons. The first kappa shape index (κ1) is 12.6. The predicted octanol–water partition coefficient (Wildman–Crippen LogP) is 2.12. The molecule has 0 aromatic carbocycles. The molecule has 1 atom stereocenters. The van der Waals surface area contributed by atoms with Gasteiger partial charge in [-0.3, -0.25) is 4.90 Å². The fraction of sp³-hybridized carbons (Fsp3) is 0.714. The van der Waals surface area contributed by atoms with Crippen molar-refractivity contribution in [2.24, 2.45) is 5.92 Å². The molecule has 3 rings (SSSR count). The van der Waals surface area contributed by atoms with E-state index >= 15 is 0 Å². The molecule has 18 heavy (non-hydrogen) atoms. The van der Waals surface area contributed by atoms with E-state index in [-0.39, 0.29) is 0 Å². The fourth-order valence-corrected chi connectivity index (χ4v) is 4.11. The lowest BCUT2D eigenvalue weighted by Crippen LogP contribution is -2.47. The number of nitrogens with one attached hydrogen (secondary N) is 1. The maximum atomic E-state index is 5.53. The van der Waals surface area contributed by atoms with E-state index in [9.17, 15) is 0 Å². The third-order valence-electron chi connectivity index (χ3n) is 4.09. The number of hydrogen-bond donors (Lipinski definition) is 1. The van der Waals surface area contributed by atoms with Gasteiger partial charge in [-0.2, -0.15) is 0 Å². The first-order chi connectivity index (χ1) is 8.95. The van der Waals surface area contributed by atoms with Gasteiger partial charge in [-0.1, -0.05) is 6.07 Å². The summed E-state index contributed by atoms with van der Waals surface area (Å²) < 4.78 is 5.53. The van der Waals surface area contributed by atoms with Gasteiger partial charge in [-0.05, 0) is 30.2 Å². The minimum Gasteiger partial charge on any atom is -0.381 e. The largest absolute Gasteiger partial charge is 0.381 e. The molecule has 0 radical (unpaired) electrons. The average Bonchev–Trinajstić information content (AvgIpc) is 2.95. The summed E-state index contributed by atoms with van der Waals surface area (Å²) in [6.07, 6.45) is 2.43. The number of rotatable bonds is 3. The van der Waals surface area contributed by atoms with E-state index in [1.54, 1.807) is 4.88 Å². The zero-order valence-electron chi connectivity index (χ0n) is 10.8. The van der Waals surface area contributed by atoms with E-state index in [1.165, 1.54) is 25.9 Å². The third-order valence-corrected chi connectivity index (χ3v) is 5.04. The maximum Gasteiger partial charge on any atom is 0.0472 e. The summed E-state index contributed by atoms with van der Waals surface area (Å²) in [4.78, 5) is 4.22. The van der Waals surface area contributed by atoms with Crippen LogP contribution in [0.15, 0.2) is 17.5 Å². The van der Waals surface area contributed by atoms with E-state index in [4.69, 9.17) is 4.74 Å². The van der Waals surface area contributed by atoms with E-state index in [2.05, 4.69) is 27.7 Å². The van der Waals surface area contributed by atoms with Gasteiger partial charge >= 0.3 is 0 Å². The topological polar surface area (TPSA) is 24.5 Å². The van der Waals surface area contributed by atoms with Crippen molar-refractivity contribution in [3.8, 4) is 0 Å². The molecular formula is C14H22N2OS. The Labute approximate surface area is 113 Å². The van der Waals surface area contributed by atoms with Crippen LogP contribution in [-0.2, 0) is 4.74 Å². The summed E-state index contributed by atoms with van der Waals surface area (Å²) >= 11 is 1.92. The second-order valence-corrected chi connectivity index (χ2v) is 6.18. The van der Waals surface area contributed by atoms with Gasteiger partial charge in [0, 0.05) is 50.3 Å². The Bertz CT molecular complexity index is 325. The molecule has 3 heterocycles. The summed E-state index contributed by atoms with van der Waals surface area (Å²) in [5.74, 6) is 0.774. The third kappa shape index (κ3) is 2.77. The molecule has 0 amide bonds. The van der Waals surface area contributed by atoms with E-state index in [1.807, 2.05) is 11.3 Å². The molecule has 3 nitrogen and oxygen atoms in total. The second-order valence-electron chi connectivity index (χ2n) is 5.20. The van der Waals surface area contributed by atoms with Gasteiger partial charge in [0.1, 0.15) is 0 Å². The summed E-state index contributed by atoms with van der Waals surface area (Å²) in [5.41, 5.74) is 0. The monoisotopic (exact) mass is 266 g/mol. The highest BCUT2D eigenvalue weighted by Crippen LogP contribution is 2.37. The minimum atomic E-state index is 0.621. The molecule has 1 N–H and O–H groups in total. The van der Waals surface area contributed by atoms with Crippen molar-refractivity contribution in [1.29, 1.82) is 0 Å². The summed E-state index contributed by atoms with van der Waals surface area (Å²) in [6, 6.07) is 5.12. The van der Waals surface area contributed by atoms with Crippen molar-refractivity contribution in [2.75, 3.05) is 39.4 Å². The van der Waals surface area contributed by atoms with Crippen LogP contribution in [0.3, 0.4) is 0 Å². The van der Waals surface area contributed by atoms with Gasteiger partial charge in [0.15, 0.2) is 0 Å². The lowest BCUT2D eigenvalue weighted by Gasteiger charge is -2.40. The van der Waals surface area contributed by atoms with Crippen LogP contribution in [-0.4, -0.2) is 44.3 Å². The normalized spacial score (nSPS) is 25.1. The SMILES string of the molecule is c1csc([C@@H](C2CCOCC2)N2CCNCC2)c1. The zero-order chi connectivity index (χ0) is 12.2. The van der Waals surface area contributed by atoms with Crippen LogP contribution in [0.1, 0.15) is 23.8 Å². The Hall–Kier alpha value is -0.420. The maximum absolute atomic E-state index is 5.53. The Morgan fingerprint density at radius 1 is 1.28 bits per heavy atom. The highest BCUT2D eigenvalue weighted by molar-refractivity contribution is 7.10. The molecule has 2 saturated heterocycles. The zero-order valence-corrected chi connectivity index (χ0v) is 11.6. The molecule has 0 aliphatic carbocycles. The van der Waals surface area contributed by atoms with Gasteiger partial charge in [0.05, 0.1) is 0 Å². The highest BCUT2D eigenvalue weighted by Gasteiger charge is 2.31. The molecule has 0 bridgehead atoms. The quantitative estimate of drug-likeness (QED) is 0.907. The molecule has 2 aliphatic rings. The first-order valence-corrected chi connectivity index (χ1v) is 7.89. The molecule has 0 saturated carbocycles. The molecular weight excluding hydrogens is 244 g/mol. The number of ether oxygens (including phenoxy) is 1. The van der Waals surface area contributed by atoms with Crippen molar-refractivity contribution in [2.45, 2.75) is 18.9 Å². The van der Waals surface area contributed by atoms with Gasteiger partial charge in [-0.15, -0.1) is 11.3 Å². The van der Waals surface area contributed by atoms with Gasteiger partial charge in [0.25, 0.3) is 0 Å². The standard InChI is InChI=1S/C14H22N2OS/c1-2-13(18-11-1)14(12-3-9-17-10-4-12)16-7-5-15-6-8-16/h1-2,11-12,14-15H,3-10H2/t14-/m1/s1. The van der Waals surface area contributed by atoms with Crippen LogP contribution >= 0.6 is 11.3 Å².